The fourth-order valence-electron chi connectivity index (χ4n) is 5.65. The lowest BCUT2D eigenvalue weighted by Crippen LogP contribution is -2.25. The van der Waals surface area contributed by atoms with E-state index in [-0.39, 0.29) is 22.6 Å². The van der Waals surface area contributed by atoms with Crippen LogP contribution in [0.25, 0.3) is 0 Å². The Labute approximate surface area is 354 Å². The second-order valence-electron chi connectivity index (χ2n) is 13.3. The molecule has 13 nitrogen and oxygen atoms in total. The Kier molecular flexibility index (Phi) is 18.1. The lowest BCUT2D eigenvalue weighted by atomic mass is 10.2. The molecule has 60 heavy (non-hydrogen) atoms. The number of esters is 4. The van der Waals surface area contributed by atoms with Gasteiger partial charge in [-0.2, -0.15) is 5.10 Å². The number of fused-ring (bicyclic) bond motifs is 1. The maximum Gasteiger partial charge on any atom is 0.343 e. The predicted octanol–water partition coefficient (Wildman–Crippen LogP) is 8.89. The summed E-state index contributed by atoms with van der Waals surface area (Å²) in [6.07, 6.45) is 10.7. The number of hydrazone groups is 1. The van der Waals surface area contributed by atoms with Crippen molar-refractivity contribution in [3.63, 3.8) is 0 Å². The molecule has 0 spiro atoms. The van der Waals surface area contributed by atoms with E-state index < -0.39 is 23.9 Å². The fraction of sp³-hybridized carbons (Fsp3) is 0.283. The number of para-hydroxylation sites is 1. The van der Waals surface area contributed by atoms with Gasteiger partial charge in [0.2, 0.25) is 0 Å². The highest BCUT2D eigenvalue weighted by Crippen LogP contribution is 2.36. The van der Waals surface area contributed by atoms with Crippen LogP contribution in [0.1, 0.15) is 77.6 Å². The number of thioether (sulfide) groups is 1. The molecule has 1 unspecified atom stereocenters. The molecule has 1 atom stereocenters. The van der Waals surface area contributed by atoms with Gasteiger partial charge in [-0.15, -0.1) is 0 Å². The van der Waals surface area contributed by atoms with Gasteiger partial charge in [0.25, 0.3) is 0 Å². The zero-order valence-electron chi connectivity index (χ0n) is 33.3. The molecule has 0 radical (unpaired) electrons. The quantitative estimate of drug-likeness (QED) is 0.0163. The van der Waals surface area contributed by atoms with Crippen LogP contribution in [0.2, 0.25) is 0 Å². The molecule has 0 saturated heterocycles. The maximum absolute atomic E-state index is 13.4. The van der Waals surface area contributed by atoms with E-state index in [0.717, 1.165) is 74.1 Å². The Morgan fingerprint density at radius 1 is 0.633 bits per heavy atom. The first-order valence-corrected chi connectivity index (χ1v) is 20.6. The van der Waals surface area contributed by atoms with Gasteiger partial charge in [-0.3, -0.25) is 5.43 Å². The molecule has 0 saturated carbocycles. The normalized spacial score (nSPS) is 12.7. The average molecular weight is 836 g/mol. The predicted molar refractivity (Wildman–Crippen MR) is 230 cm³/mol. The summed E-state index contributed by atoms with van der Waals surface area (Å²) < 4.78 is 33.2. The van der Waals surface area contributed by atoms with Crippen LogP contribution in [0.5, 0.6) is 23.0 Å². The molecule has 0 fully saturated rings. The zero-order valence-corrected chi connectivity index (χ0v) is 34.1. The van der Waals surface area contributed by atoms with Gasteiger partial charge in [-0.1, -0.05) is 37.1 Å². The third kappa shape index (κ3) is 15.0. The first-order chi connectivity index (χ1) is 29.3. The number of carbonyl (C=O) groups excluding carboxylic acids is 4. The van der Waals surface area contributed by atoms with E-state index in [9.17, 15) is 19.2 Å². The minimum Gasteiger partial charge on any atom is -0.494 e. The number of nitrogens with zero attached hydrogens (tertiary/aromatic N) is 1. The molecule has 0 amide bonds. The number of hydrogen-bond acceptors (Lipinski definition) is 14. The summed E-state index contributed by atoms with van der Waals surface area (Å²) in [5.41, 5.74) is 4.93. The highest BCUT2D eigenvalue weighted by molar-refractivity contribution is 8.00. The molecule has 0 bridgehead atoms. The smallest absolute Gasteiger partial charge is 0.343 e. The minimum atomic E-state index is -0.627. The number of nitrogens with one attached hydrogen (secondary N) is 2. The standard InChI is InChI=1S/C46H49N3O10S/c1-3-42(50)56-29-13-7-5-11-27-54-36-22-17-33(18-23-36)44(52)58-38-26-21-35(32-47-49-46-48-39-15-9-10-16-41(39)60-46)40(31-38)59-45(53)34-19-24-37(25-20-34)55-28-12-6-8-14-30-57-43(51)4-2/h3-4,9-10,15-26,31-32,46,48-49H,1-2,5-8,11-14,27-30H2/b47-32+. The summed E-state index contributed by atoms with van der Waals surface area (Å²) in [5, 5.41) is 7.74. The van der Waals surface area contributed by atoms with E-state index in [2.05, 4.69) is 29.0 Å². The van der Waals surface area contributed by atoms with Crippen molar-refractivity contribution in [2.75, 3.05) is 31.7 Å². The fourth-order valence-corrected chi connectivity index (χ4v) is 6.62. The molecule has 5 rings (SSSR count). The van der Waals surface area contributed by atoms with E-state index in [1.165, 1.54) is 12.3 Å². The number of hydrogen-bond donors (Lipinski definition) is 2. The van der Waals surface area contributed by atoms with E-state index in [0.29, 0.717) is 49.1 Å². The lowest BCUT2D eigenvalue weighted by Gasteiger charge is -2.12. The summed E-state index contributed by atoms with van der Waals surface area (Å²) in [7, 11) is 0. The van der Waals surface area contributed by atoms with E-state index in [4.69, 9.17) is 28.4 Å². The highest BCUT2D eigenvalue weighted by atomic mass is 32.2. The molecule has 0 aliphatic carbocycles. The van der Waals surface area contributed by atoms with Crippen molar-refractivity contribution in [1.29, 1.82) is 0 Å². The lowest BCUT2D eigenvalue weighted by molar-refractivity contribution is -0.138. The van der Waals surface area contributed by atoms with Gasteiger partial charge >= 0.3 is 23.9 Å². The zero-order chi connectivity index (χ0) is 42.4. The molecular formula is C46H49N3O10S. The maximum atomic E-state index is 13.4. The van der Waals surface area contributed by atoms with Crippen LogP contribution >= 0.6 is 11.8 Å². The molecule has 0 aromatic heterocycles. The van der Waals surface area contributed by atoms with Gasteiger partial charge in [0.15, 0.2) is 5.50 Å². The first-order valence-electron chi connectivity index (χ1n) is 19.7. The van der Waals surface area contributed by atoms with Gasteiger partial charge in [0.05, 0.1) is 49.5 Å². The summed E-state index contributed by atoms with van der Waals surface area (Å²) in [4.78, 5) is 49.9. The second kappa shape index (κ2) is 24.4. The van der Waals surface area contributed by atoms with Crippen molar-refractivity contribution in [2.24, 2.45) is 5.10 Å². The average Bonchev–Trinajstić information content (AvgIpc) is 3.69. The van der Waals surface area contributed by atoms with Crippen molar-refractivity contribution < 1.29 is 47.6 Å². The molecular weight excluding hydrogens is 787 g/mol. The Balaban J connectivity index is 1.14. The van der Waals surface area contributed by atoms with E-state index in [1.54, 1.807) is 72.4 Å². The van der Waals surface area contributed by atoms with Crippen LogP contribution in [-0.4, -0.2) is 62.0 Å². The van der Waals surface area contributed by atoms with Crippen LogP contribution in [0, 0.1) is 0 Å². The number of carbonyl (C=O) groups is 4. The Morgan fingerprint density at radius 3 is 1.70 bits per heavy atom. The largest absolute Gasteiger partial charge is 0.494 e. The molecule has 2 N–H and O–H groups in total. The summed E-state index contributed by atoms with van der Waals surface area (Å²) in [6, 6.07) is 25.9. The van der Waals surface area contributed by atoms with Gasteiger partial charge in [-0.25, -0.2) is 19.2 Å². The summed E-state index contributed by atoms with van der Waals surface area (Å²) in [5.74, 6) is -0.545. The Morgan fingerprint density at radius 2 is 1.15 bits per heavy atom. The molecule has 314 valence electrons. The molecule has 1 aliphatic heterocycles. The molecule has 4 aromatic carbocycles. The number of unbranched alkanes of at least 4 members (excludes halogenated alkanes) is 6. The van der Waals surface area contributed by atoms with Crippen molar-refractivity contribution in [2.45, 2.75) is 61.8 Å². The van der Waals surface area contributed by atoms with Crippen molar-refractivity contribution >= 4 is 47.5 Å². The molecule has 1 aliphatic rings. The van der Waals surface area contributed by atoms with Gasteiger partial charge in [0.1, 0.15) is 23.0 Å². The number of rotatable bonds is 25. The minimum absolute atomic E-state index is 0.132. The third-order valence-electron chi connectivity index (χ3n) is 8.83. The number of benzene rings is 4. The van der Waals surface area contributed by atoms with Crippen LogP contribution in [-0.2, 0) is 19.1 Å². The highest BCUT2D eigenvalue weighted by Gasteiger charge is 2.20. The molecule has 1 heterocycles. The van der Waals surface area contributed by atoms with Crippen molar-refractivity contribution in [3.05, 3.63) is 133 Å². The van der Waals surface area contributed by atoms with Crippen molar-refractivity contribution in [1.82, 2.24) is 5.43 Å². The monoisotopic (exact) mass is 835 g/mol. The number of anilines is 1. The molecule has 4 aromatic rings. The Bertz CT molecular complexity index is 2060. The summed E-state index contributed by atoms with van der Waals surface area (Å²) in [6.45, 7) is 8.49. The van der Waals surface area contributed by atoms with Crippen LogP contribution < -0.4 is 29.7 Å². The van der Waals surface area contributed by atoms with Crippen LogP contribution in [0.4, 0.5) is 5.69 Å². The second-order valence-corrected chi connectivity index (χ2v) is 14.5. The van der Waals surface area contributed by atoms with E-state index in [1.807, 2.05) is 24.3 Å². The van der Waals surface area contributed by atoms with Gasteiger partial charge in [0, 0.05) is 28.7 Å². The van der Waals surface area contributed by atoms with Crippen LogP contribution in [0.3, 0.4) is 0 Å². The van der Waals surface area contributed by atoms with Crippen molar-refractivity contribution in [3.8, 4) is 23.0 Å². The summed E-state index contributed by atoms with van der Waals surface area (Å²) >= 11 is 1.58. The first kappa shape index (κ1) is 44.6. The van der Waals surface area contributed by atoms with E-state index >= 15 is 0 Å². The molecule has 14 heteroatoms. The van der Waals surface area contributed by atoms with Gasteiger partial charge < -0.3 is 33.7 Å². The van der Waals surface area contributed by atoms with Crippen LogP contribution in [0.15, 0.2) is 126 Å². The SMILES string of the molecule is C=CC(=O)OCCCCCCOc1ccc(C(=O)Oc2ccc(/C=N/NC3Nc4ccccc4S3)c(OC(=O)c3ccc(OCCCCCCOC(=O)C=C)cc3)c2)cc1. The topological polar surface area (TPSA) is 160 Å². The third-order valence-corrected chi connectivity index (χ3v) is 9.90. The van der Waals surface area contributed by atoms with Gasteiger partial charge in [-0.05, 0) is 124 Å². The number of ether oxygens (including phenoxy) is 6. The Hall–Kier alpha value is -6.54.